The summed E-state index contributed by atoms with van der Waals surface area (Å²) in [5.41, 5.74) is -0.136. The van der Waals surface area contributed by atoms with Crippen LogP contribution in [0.25, 0.3) is 0 Å². The van der Waals surface area contributed by atoms with Gasteiger partial charge >= 0.3 is 5.97 Å². The molecule has 1 heterocycles. The molecule has 0 amide bonds. The van der Waals surface area contributed by atoms with E-state index in [9.17, 15) is 18.3 Å². The average molecular weight is 334 g/mol. The molecule has 0 aliphatic carbocycles. The summed E-state index contributed by atoms with van der Waals surface area (Å²) in [6, 6.07) is 3.59. The van der Waals surface area contributed by atoms with Gasteiger partial charge in [-0.1, -0.05) is 18.5 Å². The molecule has 1 aliphatic rings. The number of aliphatic hydroxyl groups excluding tert-OH is 1. The van der Waals surface area contributed by atoms with Crippen molar-refractivity contribution >= 4 is 27.6 Å². The third kappa shape index (κ3) is 3.21. The van der Waals surface area contributed by atoms with E-state index in [1.807, 2.05) is 0 Å². The number of hydrogen-bond acceptors (Lipinski definition) is 4. The second kappa shape index (κ2) is 5.92. The maximum atomic E-state index is 12.6. The smallest absolute Gasteiger partial charge is 0.335 e. The highest BCUT2D eigenvalue weighted by Gasteiger charge is 2.34. The molecule has 6 nitrogen and oxygen atoms in total. The summed E-state index contributed by atoms with van der Waals surface area (Å²) in [6.45, 7) is 2.13. The minimum absolute atomic E-state index is 0.0150. The number of aromatic carboxylic acids is 1. The predicted molar refractivity (Wildman–Crippen MR) is 77.0 cm³/mol. The number of halogens is 1. The van der Waals surface area contributed by atoms with E-state index in [2.05, 4.69) is 0 Å². The summed E-state index contributed by atoms with van der Waals surface area (Å²) < 4.78 is 26.4. The first-order chi connectivity index (χ1) is 9.73. The number of carboxylic acids is 1. The number of aliphatic hydroxyl groups is 1. The monoisotopic (exact) mass is 333 g/mol. The van der Waals surface area contributed by atoms with Crippen molar-refractivity contribution in [1.82, 2.24) is 4.31 Å². The molecule has 1 fully saturated rings. The van der Waals surface area contributed by atoms with Gasteiger partial charge in [0.25, 0.3) is 0 Å². The highest BCUT2D eigenvalue weighted by Crippen LogP contribution is 2.29. The fraction of sp³-hybridized carbons (Fsp3) is 0.462. The Morgan fingerprint density at radius 1 is 1.43 bits per heavy atom. The quantitative estimate of drug-likeness (QED) is 0.872. The first-order valence-corrected chi connectivity index (χ1v) is 8.26. The zero-order valence-electron chi connectivity index (χ0n) is 11.4. The second-order valence-electron chi connectivity index (χ2n) is 5.15. The van der Waals surface area contributed by atoms with Crippen molar-refractivity contribution in [2.45, 2.75) is 24.3 Å². The van der Waals surface area contributed by atoms with Gasteiger partial charge in [-0.3, -0.25) is 0 Å². The van der Waals surface area contributed by atoms with Crippen molar-refractivity contribution in [3.05, 3.63) is 28.8 Å². The van der Waals surface area contributed by atoms with Crippen LogP contribution in [0, 0.1) is 5.92 Å². The normalized spacial score (nSPS) is 24.0. The van der Waals surface area contributed by atoms with Crippen LogP contribution in [-0.2, 0) is 10.0 Å². The molecule has 21 heavy (non-hydrogen) atoms. The molecule has 0 bridgehead atoms. The molecule has 1 saturated heterocycles. The van der Waals surface area contributed by atoms with Gasteiger partial charge in [0.1, 0.15) is 4.90 Å². The largest absolute Gasteiger partial charge is 0.478 e. The van der Waals surface area contributed by atoms with Gasteiger partial charge in [0.15, 0.2) is 0 Å². The van der Waals surface area contributed by atoms with E-state index >= 15 is 0 Å². The average Bonchev–Trinajstić information content (AvgIpc) is 2.41. The summed E-state index contributed by atoms with van der Waals surface area (Å²) in [4.78, 5) is 10.8. The lowest BCUT2D eigenvalue weighted by molar-refractivity contribution is 0.0628. The minimum atomic E-state index is -3.88. The highest BCUT2D eigenvalue weighted by molar-refractivity contribution is 7.89. The van der Waals surface area contributed by atoms with Crippen molar-refractivity contribution in [3.8, 4) is 0 Å². The van der Waals surface area contributed by atoms with Crippen LogP contribution in [0.4, 0.5) is 0 Å². The molecule has 8 heteroatoms. The van der Waals surface area contributed by atoms with Gasteiger partial charge in [0, 0.05) is 13.1 Å². The van der Waals surface area contributed by atoms with Gasteiger partial charge in [0.2, 0.25) is 10.0 Å². The molecular weight excluding hydrogens is 318 g/mol. The van der Waals surface area contributed by atoms with Gasteiger partial charge in [-0.05, 0) is 30.5 Å². The summed E-state index contributed by atoms with van der Waals surface area (Å²) in [7, 11) is -3.88. The zero-order valence-corrected chi connectivity index (χ0v) is 12.9. The standard InChI is InChI=1S/C13H16ClNO5S/c1-8-7-15(5-4-11(8)16)21(19,20)12-6-9(13(17)18)2-3-10(12)14/h2-3,6,8,11,16H,4-5,7H2,1H3,(H,17,18). The lowest BCUT2D eigenvalue weighted by atomic mass is 9.99. The van der Waals surface area contributed by atoms with Gasteiger partial charge < -0.3 is 10.2 Å². The van der Waals surface area contributed by atoms with Crippen LogP contribution in [0.2, 0.25) is 5.02 Å². The van der Waals surface area contributed by atoms with E-state index in [0.717, 1.165) is 6.07 Å². The highest BCUT2D eigenvalue weighted by atomic mass is 35.5. The number of nitrogens with zero attached hydrogens (tertiary/aromatic N) is 1. The predicted octanol–water partition coefficient (Wildman–Crippen LogP) is 1.43. The van der Waals surface area contributed by atoms with Crippen molar-refractivity contribution in [2.75, 3.05) is 13.1 Å². The SMILES string of the molecule is CC1CN(S(=O)(=O)c2cc(C(=O)O)ccc2Cl)CCC1O. The Hall–Kier alpha value is -1.15. The van der Waals surface area contributed by atoms with Crippen molar-refractivity contribution < 1.29 is 23.4 Å². The Bertz CT molecular complexity index is 661. The molecule has 2 atom stereocenters. The second-order valence-corrected chi connectivity index (χ2v) is 7.46. The Morgan fingerprint density at radius 3 is 2.67 bits per heavy atom. The van der Waals surface area contributed by atoms with E-state index in [4.69, 9.17) is 16.7 Å². The topological polar surface area (TPSA) is 94.9 Å². The van der Waals surface area contributed by atoms with Gasteiger partial charge in [-0.2, -0.15) is 4.31 Å². The maximum absolute atomic E-state index is 12.6. The lowest BCUT2D eigenvalue weighted by Gasteiger charge is -2.33. The fourth-order valence-corrected chi connectivity index (χ4v) is 4.34. The summed E-state index contributed by atoms with van der Waals surface area (Å²) in [5.74, 6) is -1.40. The Balaban J connectivity index is 2.40. The lowest BCUT2D eigenvalue weighted by Crippen LogP contribution is -2.44. The van der Waals surface area contributed by atoms with Crippen molar-refractivity contribution in [3.63, 3.8) is 0 Å². The van der Waals surface area contributed by atoms with E-state index in [1.54, 1.807) is 6.92 Å². The molecular formula is C13H16ClNO5S. The number of piperidine rings is 1. The number of carbonyl (C=O) groups is 1. The van der Waals surface area contributed by atoms with Crippen molar-refractivity contribution in [1.29, 1.82) is 0 Å². The van der Waals surface area contributed by atoms with E-state index < -0.39 is 22.1 Å². The van der Waals surface area contributed by atoms with Crippen LogP contribution >= 0.6 is 11.6 Å². The fourth-order valence-electron chi connectivity index (χ4n) is 2.29. The molecule has 2 rings (SSSR count). The molecule has 1 aliphatic heterocycles. The maximum Gasteiger partial charge on any atom is 0.335 e. The Morgan fingerprint density at radius 2 is 2.10 bits per heavy atom. The van der Waals surface area contributed by atoms with Crippen molar-refractivity contribution in [2.24, 2.45) is 5.92 Å². The van der Waals surface area contributed by atoms with Gasteiger partial charge in [0.05, 0.1) is 16.7 Å². The summed E-state index contributed by atoms with van der Waals surface area (Å²) in [6.07, 6.45) is -0.186. The number of carboxylic acid groups (broad SMARTS) is 1. The molecule has 2 unspecified atom stereocenters. The molecule has 2 N–H and O–H groups in total. The third-order valence-electron chi connectivity index (χ3n) is 3.62. The molecule has 0 radical (unpaired) electrons. The number of rotatable bonds is 3. The van der Waals surface area contributed by atoms with E-state index in [0.29, 0.717) is 6.42 Å². The van der Waals surface area contributed by atoms with Crippen LogP contribution in [0.3, 0.4) is 0 Å². The summed E-state index contributed by atoms with van der Waals surface area (Å²) in [5, 5.41) is 18.6. The van der Waals surface area contributed by atoms with E-state index in [1.165, 1.54) is 16.4 Å². The number of sulfonamides is 1. The molecule has 0 spiro atoms. The van der Waals surface area contributed by atoms with Crippen LogP contribution < -0.4 is 0 Å². The Labute approximate surface area is 128 Å². The number of benzene rings is 1. The Kier molecular flexibility index (Phi) is 4.57. The summed E-state index contributed by atoms with van der Waals surface area (Å²) >= 11 is 5.92. The molecule has 0 saturated carbocycles. The molecule has 116 valence electrons. The van der Waals surface area contributed by atoms with Gasteiger partial charge in [-0.15, -0.1) is 0 Å². The van der Waals surface area contributed by atoms with Crippen LogP contribution in [0.5, 0.6) is 0 Å². The third-order valence-corrected chi connectivity index (χ3v) is 5.97. The molecule has 0 aromatic heterocycles. The molecule has 1 aromatic carbocycles. The number of hydrogen-bond donors (Lipinski definition) is 2. The van der Waals surface area contributed by atoms with E-state index in [-0.39, 0.29) is 34.5 Å². The minimum Gasteiger partial charge on any atom is -0.478 e. The first kappa shape index (κ1) is 16.2. The first-order valence-electron chi connectivity index (χ1n) is 6.44. The van der Waals surface area contributed by atoms with Crippen LogP contribution in [-0.4, -0.2) is 48.1 Å². The van der Waals surface area contributed by atoms with Gasteiger partial charge in [-0.25, -0.2) is 13.2 Å². The molecule has 1 aromatic rings. The zero-order chi connectivity index (χ0) is 15.8. The van der Waals surface area contributed by atoms with Crippen LogP contribution in [0.1, 0.15) is 23.7 Å². The van der Waals surface area contributed by atoms with Crippen LogP contribution in [0.15, 0.2) is 23.1 Å².